The Morgan fingerprint density at radius 1 is 0.903 bits per heavy atom. The summed E-state index contributed by atoms with van der Waals surface area (Å²) in [6.07, 6.45) is 1.50. The van der Waals surface area contributed by atoms with Crippen LogP contribution in [0.4, 0.5) is 14.5 Å². The largest absolute Gasteiger partial charge is 0.318 e. The van der Waals surface area contributed by atoms with Crippen molar-refractivity contribution in [1.82, 2.24) is 9.88 Å². The summed E-state index contributed by atoms with van der Waals surface area (Å²) in [6, 6.07) is 13.1. The fraction of sp³-hybridized carbons (Fsp3) is 0.0870. The molecule has 0 unspecified atom stereocenters. The number of carbonyl (C=O) groups excluding carboxylic acids is 2. The van der Waals surface area contributed by atoms with Gasteiger partial charge in [0.15, 0.2) is 5.11 Å². The van der Waals surface area contributed by atoms with Crippen molar-refractivity contribution in [1.29, 1.82) is 0 Å². The van der Waals surface area contributed by atoms with Crippen LogP contribution < -0.4 is 10.2 Å². The van der Waals surface area contributed by atoms with E-state index in [1.807, 2.05) is 24.5 Å². The van der Waals surface area contributed by atoms with E-state index in [9.17, 15) is 18.4 Å². The molecule has 0 aliphatic carbocycles. The molecular formula is C23H17F2N3O2S. The van der Waals surface area contributed by atoms with Gasteiger partial charge in [-0.3, -0.25) is 19.8 Å². The van der Waals surface area contributed by atoms with Gasteiger partial charge in [-0.1, -0.05) is 0 Å². The number of nitrogens with one attached hydrogen (secondary N) is 1. The van der Waals surface area contributed by atoms with Crippen molar-refractivity contribution in [2.24, 2.45) is 0 Å². The zero-order chi connectivity index (χ0) is 22.3. The molecule has 1 N–H and O–H groups in total. The number of carbonyl (C=O) groups is 2. The van der Waals surface area contributed by atoms with E-state index >= 15 is 0 Å². The third-order valence-corrected chi connectivity index (χ3v) is 5.33. The minimum Gasteiger partial charge on any atom is -0.318 e. The van der Waals surface area contributed by atoms with Crippen molar-refractivity contribution >= 4 is 40.9 Å². The highest BCUT2D eigenvalue weighted by atomic mass is 32.1. The highest BCUT2D eigenvalue weighted by molar-refractivity contribution is 7.80. The first-order valence-corrected chi connectivity index (χ1v) is 9.79. The molecule has 0 bridgehead atoms. The molecule has 0 saturated carbocycles. The number of benzene rings is 2. The van der Waals surface area contributed by atoms with Gasteiger partial charge < -0.3 is 4.57 Å². The van der Waals surface area contributed by atoms with Crippen LogP contribution in [0.2, 0.25) is 0 Å². The van der Waals surface area contributed by atoms with Crippen molar-refractivity contribution in [3.63, 3.8) is 0 Å². The zero-order valence-electron chi connectivity index (χ0n) is 16.6. The predicted molar refractivity (Wildman–Crippen MR) is 118 cm³/mol. The maximum atomic E-state index is 13.3. The van der Waals surface area contributed by atoms with E-state index in [0.717, 1.165) is 22.0 Å². The maximum absolute atomic E-state index is 13.3. The molecule has 0 spiro atoms. The highest BCUT2D eigenvalue weighted by Crippen LogP contribution is 2.26. The number of hydrogen-bond donors (Lipinski definition) is 1. The molecule has 0 radical (unpaired) electrons. The Labute approximate surface area is 182 Å². The Morgan fingerprint density at radius 3 is 2.03 bits per heavy atom. The number of thiocarbonyl (C=S) groups is 1. The van der Waals surface area contributed by atoms with Gasteiger partial charge in [0, 0.05) is 17.1 Å². The summed E-state index contributed by atoms with van der Waals surface area (Å²) in [5.41, 5.74) is 3.29. The summed E-state index contributed by atoms with van der Waals surface area (Å²) in [6.45, 7) is 3.72. The van der Waals surface area contributed by atoms with Crippen molar-refractivity contribution in [3.05, 3.63) is 88.8 Å². The average Bonchev–Trinajstić information content (AvgIpc) is 3.00. The van der Waals surface area contributed by atoms with E-state index in [0.29, 0.717) is 11.3 Å². The molecule has 1 aliphatic rings. The normalized spacial score (nSPS) is 15.5. The molecule has 2 heterocycles. The lowest BCUT2D eigenvalue weighted by atomic mass is 10.1. The molecular weight excluding hydrogens is 420 g/mol. The first kappa shape index (κ1) is 20.6. The first-order valence-electron chi connectivity index (χ1n) is 9.38. The van der Waals surface area contributed by atoms with Gasteiger partial charge in [0.25, 0.3) is 11.8 Å². The lowest BCUT2D eigenvalue weighted by Gasteiger charge is -2.28. The fourth-order valence-electron chi connectivity index (χ4n) is 3.56. The van der Waals surface area contributed by atoms with Gasteiger partial charge in [-0.2, -0.15) is 0 Å². The molecule has 31 heavy (non-hydrogen) atoms. The molecule has 1 saturated heterocycles. The molecule has 8 heteroatoms. The molecule has 4 rings (SSSR count). The molecule has 0 atom stereocenters. The second-order valence-electron chi connectivity index (χ2n) is 7.07. The molecule has 1 aromatic heterocycles. The average molecular weight is 437 g/mol. The van der Waals surface area contributed by atoms with Gasteiger partial charge in [0.05, 0.1) is 5.69 Å². The molecule has 3 aromatic rings. The molecule has 156 valence electrons. The van der Waals surface area contributed by atoms with Gasteiger partial charge >= 0.3 is 0 Å². The first-order chi connectivity index (χ1) is 14.8. The third-order valence-electron chi connectivity index (χ3n) is 5.04. The van der Waals surface area contributed by atoms with Crippen LogP contribution in [0, 0.1) is 25.5 Å². The monoisotopic (exact) mass is 437 g/mol. The van der Waals surface area contributed by atoms with Crippen LogP contribution >= 0.6 is 12.2 Å². The number of rotatable bonds is 3. The van der Waals surface area contributed by atoms with Crippen molar-refractivity contribution in [2.45, 2.75) is 13.8 Å². The number of amides is 2. The van der Waals surface area contributed by atoms with E-state index < -0.39 is 17.6 Å². The second kappa shape index (κ2) is 7.88. The van der Waals surface area contributed by atoms with Crippen LogP contribution in [0.5, 0.6) is 0 Å². The lowest BCUT2D eigenvalue weighted by Crippen LogP contribution is -2.54. The number of aromatic nitrogens is 1. The highest BCUT2D eigenvalue weighted by Gasteiger charge is 2.34. The molecule has 2 aromatic carbocycles. The van der Waals surface area contributed by atoms with E-state index in [1.54, 1.807) is 12.1 Å². The Balaban J connectivity index is 1.75. The lowest BCUT2D eigenvalue weighted by molar-refractivity contribution is -0.122. The summed E-state index contributed by atoms with van der Waals surface area (Å²) in [5.74, 6) is -2.01. The molecule has 5 nitrogen and oxygen atoms in total. The van der Waals surface area contributed by atoms with E-state index in [4.69, 9.17) is 12.2 Å². The quantitative estimate of drug-likeness (QED) is 0.380. The van der Waals surface area contributed by atoms with E-state index in [1.165, 1.54) is 42.5 Å². The molecule has 1 fully saturated rings. The second-order valence-corrected chi connectivity index (χ2v) is 7.46. The van der Waals surface area contributed by atoms with E-state index in [2.05, 4.69) is 5.32 Å². The van der Waals surface area contributed by atoms with Crippen molar-refractivity contribution in [2.75, 3.05) is 4.90 Å². The van der Waals surface area contributed by atoms with Crippen LogP contribution in [0.25, 0.3) is 11.8 Å². The van der Waals surface area contributed by atoms with Crippen LogP contribution in [0.3, 0.4) is 0 Å². The summed E-state index contributed by atoms with van der Waals surface area (Å²) in [4.78, 5) is 26.8. The van der Waals surface area contributed by atoms with Crippen LogP contribution in [0.15, 0.2) is 60.2 Å². The third kappa shape index (κ3) is 3.77. The Hall–Kier alpha value is -3.65. The smallest absolute Gasteiger partial charge is 0.270 e. The predicted octanol–water partition coefficient (Wildman–Crippen LogP) is 4.20. The number of halogens is 2. The SMILES string of the molecule is Cc1cc(C=C2C(=O)NC(=S)N(c3ccc(F)cc3)C2=O)c(C)n1-c1ccc(F)cc1. The number of nitrogens with zero attached hydrogens (tertiary/aromatic N) is 2. The number of hydrogen-bond acceptors (Lipinski definition) is 3. The van der Waals surface area contributed by atoms with Gasteiger partial charge in [0.2, 0.25) is 0 Å². The molecule has 2 amide bonds. The number of aryl methyl sites for hydroxylation is 1. The van der Waals surface area contributed by atoms with Gasteiger partial charge in [-0.25, -0.2) is 8.78 Å². The topological polar surface area (TPSA) is 54.3 Å². The van der Waals surface area contributed by atoms with Crippen molar-refractivity contribution < 1.29 is 18.4 Å². The summed E-state index contributed by atoms with van der Waals surface area (Å²) >= 11 is 5.16. The summed E-state index contributed by atoms with van der Waals surface area (Å²) < 4.78 is 28.5. The summed E-state index contributed by atoms with van der Waals surface area (Å²) in [7, 11) is 0. The van der Waals surface area contributed by atoms with Crippen molar-refractivity contribution in [3.8, 4) is 5.69 Å². The van der Waals surface area contributed by atoms with Gasteiger partial charge in [0.1, 0.15) is 17.2 Å². The van der Waals surface area contributed by atoms with Crippen LogP contribution in [0.1, 0.15) is 17.0 Å². The van der Waals surface area contributed by atoms with Crippen LogP contribution in [-0.4, -0.2) is 21.5 Å². The zero-order valence-corrected chi connectivity index (χ0v) is 17.5. The molecule has 1 aliphatic heterocycles. The minimum atomic E-state index is -0.611. The maximum Gasteiger partial charge on any atom is 0.270 e. The summed E-state index contributed by atoms with van der Waals surface area (Å²) in [5, 5.41) is 2.44. The fourth-order valence-corrected chi connectivity index (χ4v) is 3.84. The van der Waals surface area contributed by atoms with Crippen LogP contribution in [-0.2, 0) is 9.59 Å². The Morgan fingerprint density at radius 2 is 1.45 bits per heavy atom. The van der Waals surface area contributed by atoms with Gasteiger partial charge in [-0.05, 0) is 92.3 Å². The minimum absolute atomic E-state index is 0.0736. The van der Waals surface area contributed by atoms with Gasteiger partial charge in [-0.15, -0.1) is 0 Å². The standard InChI is InChI=1S/C23H17F2N3O2S/c1-13-11-15(14(2)27(13)18-7-3-16(24)4-8-18)12-20-21(29)26-23(31)28(22(20)30)19-9-5-17(25)6-10-19/h3-12H,1-2H3,(H,26,29,31). The Bertz CT molecular complexity index is 1250. The van der Waals surface area contributed by atoms with E-state index in [-0.39, 0.29) is 16.5 Å². The Kier molecular flexibility index (Phi) is 5.24. The number of anilines is 1.